The summed E-state index contributed by atoms with van der Waals surface area (Å²) in [6.07, 6.45) is 5.40. The van der Waals surface area contributed by atoms with Gasteiger partial charge in [0.25, 0.3) is 0 Å². The molecule has 39 heavy (non-hydrogen) atoms. The second-order valence-electron chi connectivity index (χ2n) is 11.0. The number of nitrogens with zero attached hydrogens (tertiary/aromatic N) is 1. The van der Waals surface area contributed by atoms with Gasteiger partial charge in [-0.15, -0.1) is 11.8 Å². The lowest BCUT2D eigenvalue weighted by molar-refractivity contribution is -0.135. The van der Waals surface area contributed by atoms with Gasteiger partial charge in [-0.3, -0.25) is 9.78 Å². The van der Waals surface area contributed by atoms with Crippen molar-refractivity contribution in [1.82, 2.24) is 4.98 Å². The van der Waals surface area contributed by atoms with Crippen molar-refractivity contribution in [1.29, 1.82) is 0 Å². The minimum Gasteiger partial charge on any atom is -0.383 e. The maximum absolute atomic E-state index is 13.4. The topological polar surface area (TPSA) is 84.3 Å². The smallest absolute Gasteiger partial charge is 0.171 e. The van der Waals surface area contributed by atoms with Crippen molar-refractivity contribution in [3.63, 3.8) is 0 Å². The number of fused-ring (bicyclic) bond motifs is 1. The molecule has 0 aliphatic carbocycles. The van der Waals surface area contributed by atoms with E-state index in [0.29, 0.717) is 12.0 Å². The van der Waals surface area contributed by atoms with Gasteiger partial charge in [-0.25, -0.2) is 8.42 Å². The van der Waals surface area contributed by atoms with Crippen molar-refractivity contribution in [3.8, 4) is 11.1 Å². The zero-order valence-corrected chi connectivity index (χ0v) is 24.9. The fraction of sp³-hybridized carbons (Fsp3) is 0.312. The molecule has 204 valence electrons. The molecule has 0 saturated carbocycles. The number of aliphatic hydroxyl groups is 1. The molecule has 0 spiro atoms. The van der Waals surface area contributed by atoms with E-state index in [0.717, 1.165) is 38.1 Å². The normalized spacial score (nSPS) is 13.4. The first-order chi connectivity index (χ1) is 18.2. The van der Waals surface area contributed by atoms with Crippen molar-refractivity contribution < 1.29 is 18.3 Å². The Kier molecular flexibility index (Phi) is 8.08. The van der Waals surface area contributed by atoms with Crippen LogP contribution in [0.4, 0.5) is 0 Å². The fourth-order valence-corrected chi connectivity index (χ4v) is 5.65. The molecule has 1 heterocycles. The number of sulfone groups is 1. The van der Waals surface area contributed by atoms with E-state index in [4.69, 9.17) is 0 Å². The van der Waals surface area contributed by atoms with Crippen molar-refractivity contribution in [2.45, 2.75) is 55.3 Å². The number of Topliss-reactive ketones (excluding diaryl/α,β-unsaturated/α-hetero) is 1. The lowest BCUT2D eigenvalue weighted by Crippen LogP contribution is -2.36. The molecule has 0 amide bonds. The summed E-state index contributed by atoms with van der Waals surface area (Å²) in [5, 5.41) is 11.5. The van der Waals surface area contributed by atoms with Gasteiger partial charge in [-0.1, -0.05) is 42.5 Å². The highest BCUT2D eigenvalue weighted by Crippen LogP contribution is 2.37. The molecule has 1 atom stereocenters. The van der Waals surface area contributed by atoms with E-state index in [-0.39, 0.29) is 5.78 Å². The van der Waals surface area contributed by atoms with Crippen LogP contribution in [0.2, 0.25) is 0 Å². The molecule has 1 N–H and O–H groups in total. The zero-order chi connectivity index (χ0) is 28.6. The van der Waals surface area contributed by atoms with E-state index in [1.165, 1.54) is 20.1 Å². The van der Waals surface area contributed by atoms with Crippen LogP contribution in [0.1, 0.15) is 50.3 Å². The van der Waals surface area contributed by atoms with Crippen LogP contribution in [-0.2, 0) is 25.8 Å². The molecular formula is C32H35NO4S2. The third-order valence-electron chi connectivity index (χ3n) is 7.44. The van der Waals surface area contributed by atoms with E-state index in [2.05, 4.69) is 4.98 Å². The van der Waals surface area contributed by atoms with Crippen LogP contribution < -0.4 is 0 Å². The first kappa shape index (κ1) is 29.0. The number of pyridine rings is 1. The van der Waals surface area contributed by atoms with E-state index in [9.17, 15) is 18.3 Å². The van der Waals surface area contributed by atoms with Crippen molar-refractivity contribution >= 4 is 38.3 Å². The van der Waals surface area contributed by atoms with Gasteiger partial charge in [0.2, 0.25) is 0 Å². The highest BCUT2D eigenvalue weighted by atomic mass is 32.2. The maximum Gasteiger partial charge on any atom is 0.171 e. The summed E-state index contributed by atoms with van der Waals surface area (Å²) in [6.45, 7) is 6.49. The number of aromatic nitrogens is 1. The molecule has 0 aliphatic rings. The van der Waals surface area contributed by atoms with Crippen LogP contribution in [-0.4, -0.2) is 42.4 Å². The lowest BCUT2D eigenvalue weighted by atomic mass is 9.82. The first-order valence-electron chi connectivity index (χ1n) is 12.8. The van der Waals surface area contributed by atoms with Gasteiger partial charge in [-0.2, -0.15) is 0 Å². The summed E-state index contributed by atoms with van der Waals surface area (Å²) in [5.41, 5.74) is 3.49. The van der Waals surface area contributed by atoms with Crippen molar-refractivity contribution in [3.05, 3.63) is 95.7 Å². The molecule has 0 aliphatic heterocycles. The summed E-state index contributed by atoms with van der Waals surface area (Å²) in [6, 6.07) is 23.4. The Morgan fingerprint density at radius 1 is 0.974 bits per heavy atom. The van der Waals surface area contributed by atoms with Crippen molar-refractivity contribution in [2.24, 2.45) is 0 Å². The van der Waals surface area contributed by atoms with E-state index in [1.54, 1.807) is 31.8 Å². The average molecular weight is 562 g/mol. The molecule has 1 aromatic heterocycles. The summed E-state index contributed by atoms with van der Waals surface area (Å²) in [7, 11) is -3.39. The highest BCUT2D eigenvalue weighted by molar-refractivity contribution is 7.98. The minimum absolute atomic E-state index is 0.242. The number of carbonyl (C=O) groups excluding carboxylic acids is 1. The molecule has 3 aromatic carbocycles. The molecular weight excluding hydrogens is 526 g/mol. The van der Waals surface area contributed by atoms with Crippen LogP contribution in [0.15, 0.2) is 83.9 Å². The third kappa shape index (κ3) is 6.11. The van der Waals surface area contributed by atoms with E-state index < -0.39 is 26.1 Å². The second-order valence-corrected chi connectivity index (χ2v) is 14.5. The SMILES string of the molecule is CSc1ccc(C(Cc2cccc(-c3cc(C(C)(C)S(C)(=O)=O)cc4cccnc34)c2)C(=O)C(C)(C)O)cc1. The predicted molar refractivity (Wildman–Crippen MR) is 161 cm³/mol. The molecule has 0 saturated heterocycles. The quantitative estimate of drug-likeness (QED) is 0.233. The number of thioether (sulfide) groups is 1. The lowest BCUT2D eigenvalue weighted by Gasteiger charge is -2.25. The van der Waals surface area contributed by atoms with Crippen LogP contribution in [0, 0.1) is 0 Å². The molecule has 4 aromatic rings. The Balaban J connectivity index is 1.82. The van der Waals surface area contributed by atoms with Gasteiger partial charge in [0.1, 0.15) is 5.60 Å². The Labute approximate surface area is 235 Å². The third-order valence-corrected chi connectivity index (χ3v) is 10.3. The van der Waals surface area contributed by atoms with Gasteiger partial charge >= 0.3 is 0 Å². The molecule has 0 fully saturated rings. The van der Waals surface area contributed by atoms with E-state index in [1.807, 2.05) is 79.1 Å². The van der Waals surface area contributed by atoms with Gasteiger partial charge in [0, 0.05) is 34.2 Å². The van der Waals surface area contributed by atoms with Crippen LogP contribution in [0.3, 0.4) is 0 Å². The monoisotopic (exact) mass is 561 g/mol. The highest BCUT2D eigenvalue weighted by Gasteiger charge is 2.34. The number of hydrogen-bond acceptors (Lipinski definition) is 6. The van der Waals surface area contributed by atoms with Gasteiger partial charge in [0.15, 0.2) is 15.6 Å². The van der Waals surface area contributed by atoms with Gasteiger partial charge in [-0.05, 0) is 93.0 Å². The average Bonchev–Trinajstić information content (AvgIpc) is 2.89. The number of hydrogen-bond donors (Lipinski definition) is 1. The Morgan fingerprint density at radius 3 is 2.28 bits per heavy atom. The Morgan fingerprint density at radius 2 is 1.67 bits per heavy atom. The molecule has 0 radical (unpaired) electrons. The van der Waals surface area contributed by atoms with Crippen LogP contribution >= 0.6 is 11.8 Å². The summed E-state index contributed by atoms with van der Waals surface area (Å²) >= 11 is 1.63. The Bertz CT molecular complexity index is 1620. The van der Waals surface area contributed by atoms with Gasteiger partial charge in [0.05, 0.1) is 10.3 Å². The van der Waals surface area contributed by atoms with Crippen LogP contribution in [0.5, 0.6) is 0 Å². The number of carbonyl (C=O) groups is 1. The molecule has 1 unspecified atom stereocenters. The van der Waals surface area contributed by atoms with Crippen LogP contribution in [0.25, 0.3) is 22.0 Å². The summed E-state index contributed by atoms with van der Waals surface area (Å²) < 4.78 is 24.2. The maximum atomic E-state index is 13.4. The molecule has 0 bridgehead atoms. The zero-order valence-electron chi connectivity index (χ0n) is 23.2. The molecule has 7 heteroatoms. The van der Waals surface area contributed by atoms with E-state index >= 15 is 0 Å². The number of ketones is 1. The minimum atomic E-state index is -3.39. The molecule has 5 nitrogen and oxygen atoms in total. The van der Waals surface area contributed by atoms with Crippen molar-refractivity contribution in [2.75, 3.05) is 12.5 Å². The standard InChI is InChI=1S/C32H35NO4S2/c1-31(2,35)30(34)28(22-12-14-26(38-5)15-13-22)18-21-9-7-10-23(17-21)27-20-25(32(3,4)39(6,36)37)19-24-11-8-16-33-29(24)27/h7-17,19-20,28,35H,18H2,1-6H3. The number of rotatable bonds is 9. The number of benzene rings is 3. The predicted octanol–water partition coefficient (Wildman–Crippen LogP) is 6.57. The second kappa shape index (κ2) is 10.9. The Hall–Kier alpha value is -3.00. The largest absolute Gasteiger partial charge is 0.383 e. The summed E-state index contributed by atoms with van der Waals surface area (Å²) in [5.74, 6) is -0.768. The fourth-order valence-electron chi connectivity index (χ4n) is 4.70. The summed E-state index contributed by atoms with van der Waals surface area (Å²) in [4.78, 5) is 19.1. The van der Waals surface area contributed by atoms with Gasteiger partial charge < -0.3 is 5.11 Å². The molecule has 4 rings (SSSR count). The first-order valence-corrected chi connectivity index (χ1v) is 15.9.